The first-order chi connectivity index (χ1) is 11.1. The predicted molar refractivity (Wildman–Crippen MR) is 80.5 cm³/mol. The van der Waals surface area contributed by atoms with Crippen molar-refractivity contribution in [2.45, 2.75) is 38.5 Å². The molecule has 2 heterocycles. The van der Waals surface area contributed by atoms with Crippen LogP contribution in [0.2, 0.25) is 0 Å². The van der Waals surface area contributed by atoms with Crippen LogP contribution in [0.4, 0.5) is 0 Å². The van der Waals surface area contributed by atoms with Crippen LogP contribution in [0.3, 0.4) is 0 Å². The molecule has 0 aliphatic carbocycles. The molecule has 1 saturated heterocycles. The van der Waals surface area contributed by atoms with Crippen molar-refractivity contribution < 1.29 is 28.2 Å². The molecule has 0 N–H and O–H groups in total. The number of carbonyl (C=O) groups is 2. The second kappa shape index (κ2) is 8.69. The third-order valence-corrected chi connectivity index (χ3v) is 3.62. The summed E-state index contributed by atoms with van der Waals surface area (Å²) >= 11 is 0. The molecule has 1 aliphatic rings. The maximum atomic E-state index is 11.9. The number of hydrogen-bond acceptors (Lipinski definition) is 6. The van der Waals surface area contributed by atoms with Gasteiger partial charge in [0.1, 0.15) is 5.76 Å². The fraction of sp³-hybridized carbons (Fsp3) is 0.625. The lowest BCUT2D eigenvalue weighted by Crippen LogP contribution is -2.33. The number of ether oxygens (including phenoxy) is 3. The molecule has 2 unspecified atom stereocenters. The highest BCUT2D eigenvalue weighted by molar-refractivity contribution is 5.81. The SMILES string of the molecule is CC(OCC1CCCO1)C(=O)OCC(=O)N(C)Cc1ccco1. The topological polar surface area (TPSA) is 78.2 Å². The van der Waals surface area contributed by atoms with Crippen LogP contribution in [0.15, 0.2) is 22.8 Å². The van der Waals surface area contributed by atoms with Gasteiger partial charge in [-0.05, 0) is 31.9 Å². The van der Waals surface area contributed by atoms with E-state index in [2.05, 4.69) is 0 Å². The first kappa shape index (κ1) is 17.5. The van der Waals surface area contributed by atoms with Crippen LogP contribution in [-0.4, -0.2) is 55.9 Å². The minimum absolute atomic E-state index is 0.0475. The molecule has 0 bridgehead atoms. The molecule has 0 spiro atoms. The summed E-state index contributed by atoms with van der Waals surface area (Å²) in [7, 11) is 1.62. The molecule has 128 valence electrons. The number of likely N-dealkylation sites (N-methyl/N-ethyl adjacent to an activating group) is 1. The summed E-state index contributed by atoms with van der Waals surface area (Å²) in [5, 5.41) is 0. The quantitative estimate of drug-likeness (QED) is 0.672. The number of rotatable bonds is 8. The van der Waals surface area contributed by atoms with Crippen LogP contribution >= 0.6 is 0 Å². The zero-order valence-corrected chi connectivity index (χ0v) is 13.5. The summed E-state index contributed by atoms with van der Waals surface area (Å²) in [4.78, 5) is 25.2. The van der Waals surface area contributed by atoms with Crippen molar-refractivity contribution in [2.24, 2.45) is 0 Å². The molecule has 2 atom stereocenters. The smallest absolute Gasteiger partial charge is 0.335 e. The molecule has 7 heteroatoms. The van der Waals surface area contributed by atoms with Crippen LogP contribution in [0.25, 0.3) is 0 Å². The van der Waals surface area contributed by atoms with E-state index in [9.17, 15) is 9.59 Å². The van der Waals surface area contributed by atoms with Crippen LogP contribution < -0.4 is 0 Å². The Hall–Kier alpha value is -1.86. The summed E-state index contributed by atoms with van der Waals surface area (Å²) in [6.07, 6.45) is 2.83. The lowest BCUT2D eigenvalue weighted by atomic mass is 10.2. The van der Waals surface area contributed by atoms with E-state index >= 15 is 0 Å². The van der Waals surface area contributed by atoms with Crippen LogP contribution in [-0.2, 0) is 30.3 Å². The third-order valence-electron chi connectivity index (χ3n) is 3.62. The van der Waals surface area contributed by atoms with Crippen molar-refractivity contribution in [3.8, 4) is 0 Å². The van der Waals surface area contributed by atoms with Gasteiger partial charge in [0.2, 0.25) is 0 Å². The first-order valence-corrected chi connectivity index (χ1v) is 7.72. The van der Waals surface area contributed by atoms with Crippen molar-refractivity contribution in [1.29, 1.82) is 0 Å². The molecule has 1 amide bonds. The summed E-state index contributed by atoms with van der Waals surface area (Å²) in [5.74, 6) is -0.190. The van der Waals surface area contributed by atoms with Crippen molar-refractivity contribution in [3.63, 3.8) is 0 Å². The average Bonchev–Trinajstić information content (AvgIpc) is 3.23. The molecule has 0 saturated carbocycles. The van der Waals surface area contributed by atoms with Gasteiger partial charge in [0, 0.05) is 13.7 Å². The molecular formula is C16H23NO6. The molecule has 23 heavy (non-hydrogen) atoms. The molecule has 1 aromatic rings. The molecule has 1 aliphatic heterocycles. The number of carbonyl (C=O) groups excluding carboxylic acids is 2. The van der Waals surface area contributed by atoms with E-state index in [4.69, 9.17) is 18.6 Å². The van der Waals surface area contributed by atoms with Gasteiger partial charge in [-0.15, -0.1) is 0 Å². The zero-order valence-electron chi connectivity index (χ0n) is 13.5. The number of hydrogen-bond donors (Lipinski definition) is 0. The largest absolute Gasteiger partial charge is 0.467 e. The van der Waals surface area contributed by atoms with Gasteiger partial charge in [-0.1, -0.05) is 0 Å². The maximum absolute atomic E-state index is 11.9. The molecule has 0 aromatic carbocycles. The van der Waals surface area contributed by atoms with Gasteiger partial charge < -0.3 is 23.5 Å². The van der Waals surface area contributed by atoms with E-state index in [1.807, 2.05) is 0 Å². The van der Waals surface area contributed by atoms with Crippen LogP contribution in [0, 0.1) is 0 Å². The monoisotopic (exact) mass is 325 g/mol. The zero-order chi connectivity index (χ0) is 16.7. The van der Waals surface area contributed by atoms with Crippen molar-refractivity contribution >= 4 is 11.9 Å². The van der Waals surface area contributed by atoms with Gasteiger partial charge in [0.25, 0.3) is 5.91 Å². The summed E-state index contributed by atoms with van der Waals surface area (Å²) in [5.41, 5.74) is 0. The summed E-state index contributed by atoms with van der Waals surface area (Å²) in [6, 6.07) is 3.53. The van der Waals surface area contributed by atoms with Gasteiger partial charge >= 0.3 is 5.97 Å². The second-order valence-corrected chi connectivity index (χ2v) is 5.55. The van der Waals surface area contributed by atoms with Crippen LogP contribution in [0.1, 0.15) is 25.5 Å². The van der Waals surface area contributed by atoms with Crippen LogP contribution in [0.5, 0.6) is 0 Å². The van der Waals surface area contributed by atoms with Gasteiger partial charge in [0.05, 0.1) is 25.5 Å². The van der Waals surface area contributed by atoms with E-state index in [0.29, 0.717) is 18.9 Å². The Balaban J connectivity index is 1.64. The number of nitrogens with zero attached hydrogens (tertiary/aromatic N) is 1. The highest BCUT2D eigenvalue weighted by Crippen LogP contribution is 2.13. The fourth-order valence-electron chi connectivity index (χ4n) is 2.18. The standard InChI is InChI=1S/C16H23NO6/c1-12(22-10-14-6-4-8-21-14)16(19)23-11-15(18)17(2)9-13-5-3-7-20-13/h3,5,7,12,14H,4,6,8-11H2,1-2H3. The molecule has 1 fully saturated rings. The van der Waals surface area contributed by atoms with E-state index in [1.165, 1.54) is 4.90 Å². The Bertz CT molecular complexity index is 495. The molecule has 2 rings (SSSR count). The maximum Gasteiger partial charge on any atom is 0.335 e. The van der Waals surface area contributed by atoms with Gasteiger partial charge in [-0.25, -0.2) is 4.79 Å². The Kier molecular flexibility index (Phi) is 6.61. The number of amides is 1. The van der Waals surface area contributed by atoms with E-state index in [1.54, 1.807) is 32.4 Å². The highest BCUT2D eigenvalue weighted by atomic mass is 16.6. The lowest BCUT2D eigenvalue weighted by Gasteiger charge is -2.18. The summed E-state index contributed by atoms with van der Waals surface area (Å²) in [6.45, 7) is 2.72. The average molecular weight is 325 g/mol. The Morgan fingerprint density at radius 2 is 2.30 bits per heavy atom. The second-order valence-electron chi connectivity index (χ2n) is 5.55. The third kappa shape index (κ3) is 5.69. The first-order valence-electron chi connectivity index (χ1n) is 7.72. The van der Waals surface area contributed by atoms with Crippen molar-refractivity contribution in [1.82, 2.24) is 4.90 Å². The molecule has 0 radical (unpaired) electrons. The van der Waals surface area contributed by atoms with Gasteiger partial charge in [0.15, 0.2) is 12.7 Å². The van der Waals surface area contributed by atoms with Gasteiger partial charge in [-0.3, -0.25) is 4.79 Å². The molecule has 1 aromatic heterocycles. The minimum atomic E-state index is -0.720. The highest BCUT2D eigenvalue weighted by Gasteiger charge is 2.22. The predicted octanol–water partition coefficient (Wildman–Crippen LogP) is 1.37. The number of furan rings is 1. The van der Waals surface area contributed by atoms with E-state index < -0.39 is 12.1 Å². The minimum Gasteiger partial charge on any atom is -0.467 e. The Morgan fingerprint density at radius 1 is 1.48 bits per heavy atom. The lowest BCUT2D eigenvalue weighted by molar-refractivity contribution is -0.162. The van der Waals surface area contributed by atoms with Crippen molar-refractivity contribution in [3.05, 3.63) is 24.2 Å². The molecule has 7 nitrogen and oxygen atoms in total. The van der Waals surface area contributed by atoms with E-state index in [0.717, 1.165) is 19.4 Å². The normalized spacial score (nSPS) is 18.6. The van der Waals surface area contributed by atoms with Gasteiger partial charge in [-0.2, -0.15) is 0 Å². The summed E-state index contributed by atoms with van der Waals surface area (Å²) < 4.78 is 21.0. The van der Waals surface area contributed by atoms with Crippen molar-refractivity contribution in [2.75, 3.05) is 26.9 Å². The van der Waals surface area contributed by atoms with E-state index in [-0.39, 0.29) is 18.6 Å². The number of esters is 1. The molecular weight excluding hydrogens is 302 g/mol. The Labute approximate surface area is 135 Å². The fourth-order valence-corrected chi connectivity index (χ4v) is 2.18. The Morgan fingerprint density at radius 3 is 2.96 bits per heavy atom.